The fourth-order valence-corrected chi connectivity index (χ4v) is 3.04. The molecule has 1 aliphatic rings. The van der Waals surface area contributed by atoms with Crippen molar-refractivity contribution in [3.05, 3.63) is 47.3 Å². The van der Waals surface area contributed by atoms with E-state index < -0.39 is 5.91 Å². The lowest BCUT2D eigenvalue weighted by Crippen LogP contribution is -2.48. The topological polar surface area (TPSA) is 91.9 Å². The molecule has 1 aliphatic heterocycles. The molecular weight excluding hydrogens is 354 g/mol. The smallest absolute Gasteiger partial charge is 0.250 e. The number of hydrogen-bond donors (Lipinski definition) is 1. The molecule has 7 heteroatoms. The number of hydrogen-bond acceptors (Lipinski definition) is 5. The van der Waals surface area contributed by atoms with Gasteiger partial charge in [-0.05, 0) is 39.0 Å². The van der Waals surface area contributed by atoms with Gasteiger partial charge in [-0.2, -0.15) is 0 Å². The van der Waals surface area contributed by atoms with Gasteiger partial charge in [-0.1, -0.05) is 13.0 Å². The van der Waals surface area contributed by atoms with E-state index in [1.165, 1.54) is 6.20 Å². The molecule has 2 heterocycles. The molecule has 7 nitrogen and oxygen atoms in total. The maximum atomic E-state index is 12.0. The van der Waals surface area contributed by atoms with Crippen LogP contribution in [-0.2, 0) is 4.79 Å². The number of piperazine rings is 1. The van der Waals surface area contributed by atoms with Gasteiger partial charge >= 0.3 is 0 Å². The first-order valence-electron chi connectivity index (χ1n) is 9.55. The van der Waals surface area contributed by atoms with Gasteiger partial charge in [0, 0.05) is 44.4 Å². The van der Waals surface area contributed by atoms with Gasteiger partial charge in [0.15, 0.2) is 5.78 Å². The van der Waals surface area contributed by atoms with Crippen molar-refractivity contribution >= 4 is 23.3 Å². The molecule has 0 bridgehead atoms. The zero-order valence-electron chi connectivity index (χ0n) is 17.1. The third-order valence-corrected chi connectivity index (χ3v) is 4.82. The van der Waals surface area contributed by atoms with Crippen LogP contribution in [0.2, 0.25) is 0 Å². The Morgan fingerprint density at radius 2 is 1.89 bits per heavy atom. The third kappa shape index (κ3) is 5.28. The number of aliphatic imine (C=N–C) groups is 1. The molecular formula is C21H29N5O2. The van der Waals surface area contributed by atoms with Crippen molar-refractivity contribution in [1.82, 2.24) is 9.88 Å². The van der Waals surface area contributed by atoms with Crippen molar-refractivity contribution in [3.63, 3.8) is 0 Å². The van der Waals surface area contributed by atoms with Crippen LogP contribution in [0.3, 0.4) is 0 Å². The summed E-state index contributed by atoms with van der Waals surface area (Å²) in [6, 6.07) is 3.52. The zero-order valence-corrected chi connectivity index (χ0v) is 17.1. The summed E-state index contributed by atoms with van der Waals surface area (Å²) in [5.74, 6) is 1.36. The molecule has 0 saturated carbocycles. The molecule has 1 aromatic heterocycles. The van der Waals surface area contributed by atoms with E-state index in [2.05, 4.69) is 14.8 Å². The van der Waals surface area contributed by atoms with E-state index in [1.807, 2.05) is 45.9 Å². The number of aromatic nitrogens is 1. The van der Waals surface area contributed by atoms with Crippen LogP contribution in [0.4, 0.5) is 5.82 Å². The minimum absolute atomic E-state index is 0.111. The van der Waals surface area contributed by atoms with Gasteiger partial charge in [0.25, 0.3) is 0 Å². The molecule has 1 saturated heterocycles. The number of primary amides is 1. The summed E-state index contributed by atoms with van der Waals surface area (Å²) in [7, 11) is 0. The average Bonchev–Trinajstić information content (AvgIpc) is 2.72. The standard InChI is InChI=1S/C21H29N5O2/c1-5-7-18(15(3)19(27)6-2)24-16(4)25-10-12-26(13-11-25)20-9-8-17(14-23-20)21(22)28/h5,7-9,14H,6,10-13H2,1-4H3,(H2,22,28)/b7-5-,18-15-,24-16+. The number of nitrogens with zero attached hydrogens (tertiary/aromatic N) is 4. The van der Waals surface area contributed by atoms with E-state index in [1.54, 1.807) is 6.07 Å². The Kier molecular flexibility index (Phi) is 7.49. The summed E-state index contributed by atoms with van der Waals surface area (Å²) in [6.07, 6.45) is 5.77. The van der Waals surface area contributed by atoms with E-state index >= 15 is 0 Å². The van der Waals surface area contributed by atoms with Gasteiger partial charge in [-0.25, -0.2) is 9.98 Å². The maximum absolute atomic E-state index is 12.0. The lowest BCUT2D eigenvalue weighted by molar-refractivity contribution is -0.115. The SMILES string of the molecule is C\C=C/C(/N=C(\C)N1CCN(c2ccc(C(N)=O)cn2)CC1)=C(\C)C(=O)CC. The van der Waals surface area contributed by atoms with Crippen molar-refractivity contribution in [3.8, 4) is 0 Å². The van der Waals surface area contributed by atoms with Crippen LogP contribution in [-0.4, -0.2) is 53.6 Å². The zero-order chi connectivity index (χ0) is 20.7. The number of carbonyl (C=O) groups excluding carboxylic acids is 2. The van der Waals surface area contributed by atoms with Crippen molar-refractivity contribution in [2.75, 3.05) is 31.1 Å². The minimum Gasteiger partial charge on any atom is -0.366 e. The van der Waals surface area contributed by atoms with E-state index in [0.717, 1.165) is 43.5 Å². The Labute approximate surface area is 166 Å². The Hall–Kier alpha value is -2.96. The van der Waals surface area contributed by atoms with E-state index in [4.69, 9.17) is 10.7 Å². The van der Waals surface area contributed by atoms with Crippen molar-refractivity contribution < 1.29 is 9.59 Å². The largest absolute Gasteiger partial charge is 0.366 e. The summed E-state index contributed by atoms with van der Waals surface area (Å²) < 4.78 is 0. The molecule has 0 radical (unpaired) electrons. The molecule has 1 amide bonds. The highest BCUT2D eigenvalue weighted by Crippen LogP contribution is 2.16. The second-order valence-corrected chi connectivity index (χ2v) is 6.69. The minimum atomic E-state index is -0.474. The van der Waals surface area contributed by atoms with Gasteiger partial charge < -0.3 is 15.5 Å². The van der Waals surface area contributed by atoms with E-state index in [0.29, 0.717) is 17.6 Å². The summed E-state index contributed by atoms with van der Waals surface area (Å²) in [5.41, 5.74) is 7.08. The van der Waals surface area contributed by atoms with Crippen LogP contribution in [0.1, 0.15) is 44.5 Å². The first-order chi connectivity index (χ1) is 13.4. The van der Waals surface area contributed by atoms with Gasteiger partial charge in [0.2, 0.25) is 5.91 Å². The monoisotopic (exact) mass is 383 g/mol. The normalized spacial score (nSPS) is 16.4. The van der Waals surface area contributed by atoms with Gasteiger partial charge in [0.05, 0.1) is 11.3 Å². The number of nitrogens with two attached hydrogens (primary N) is 1. The first-order valence-corrected chi connectivity index (χ1v) is 9.55. The maximum Gasteiger partial charge on any atom is 0.250 e. The van der Waals surface area contributed by atoms with Crippen molar-refractivity contribution in [2.45, 2.75) is 34.1 Å². The number of ketones is 1. The number of anilines is 1. The molecule has 150 valence electrons. The Morgan fingerprint density at radius 3 is 2.39 bits per heavy atom. The van der Waals surface area contributed by atoms with Crippen LogP contribution in [0.25, 0.3) is 0 Å². The lowest BCUT2D eigenvalue weighted by Gasteiger charge is -2.36. The van der Waals surface area contributed by atoms with E-state index in [-0.39, 0.29) is 5.78 Å². The first kappa shape index (κ1) is 21.3. The predicted octanol–water partition coefficient (Wildman–Crippen LogP) is 2.55. The second kappa shape index (κ2) is 9.82. The molecule has 0 unspecified atom stereocenters. The molecule has 1 fully saturated rings. The van der Waals surface area contributed by atoms with Gasteiger partial charge in [-0.15, -0.1) is 0 Å². The van der Waals surface area contributed by atoms with Gasteiger partial charge in [-0.3, -0.25) is 9.59 Å². The van der Waals surface area contributed by atoms with Crippen LogP contribution in [0, 0.1) is 0 Å². The third-order valence-electron chi connectivity index (χ3n) is 4.82. The number of allylic oxidation sites excluding steroid dienone is 3. The van der Waals surface area contributed by atoms with Crippen LogP contribution in [0.5, 0.6) is 0 Å². The Balaban J connectivity index is 2.07. The number of rotatable bonds is 6. The van der Waals surface area contributed by atoms with Crippen molar-refractivity contribution in [2.24, 2.45) is 10.7 Å². The number of amidine groups is 1. The molecule has 1 aromatic rings. The van der Waals surface area contributed by atoms with Crippen LogP contribution >= 0.6 is 0 Å². The Bertz CT molecular complexity index is 801. The molecule has 0 aliphatic carbocycles. The molecule has 0 aromatic carbocycles. The summed E-state index contributed by atoms with van der Waals surface area (Å²) in [4.78, 5) is 36.6. The number of pyridine rings is 1. The fourth-order valence-electron chi connectivity index (χ4n) is 3.04. The second-order valence-electron chi connectivity index (χ2n) is 6.69. The number of Topliss-reactive ketones (excluding diaryl/α,β-unsaturated/α-hetero) is 1. The summed E-state index contributed by atoms with van der Waals surface area (Å²) in [5, 5.41) is 0. The lowest BCUT2D eigenvalue weighted by atomic mass is 10.1. The molecule has 2 rings (SSSR count). The molecule has 0 spiro atoms. The summed E-state index contributed by atoms with van der Waals surface area (Å²) in [6.45, 7) is 10.8. The highest BCUT2D eigenvalue weighted by molar-refractivity contribution is 5.96. The highest BCUT2D eigenvalue weighted by Gasteiger charge is 2.19. The molecule has 28 heavy (non-hydrogen) atoms. The molecule has 2 N–H and O–H groups in total. The Morgan fingerprint density at radius 1 is 1.21 bits per heavy atom. The number of carbonyl (C=O) groups is 2. The van der Waals surface area contributed by atoms with Crippen LogP contribution < -0.4 is 10.6 Å². The quantitative estimate of drug-likeness (QED) is 0.353. The van der Waals surface area contributed by atoms with Gasteiger partial charge in [0.1, 0.15) is 11.7 Å². The fraction of sp³-hybridized carbons (Fsp3) is 0.429. The average molecular weight is 383 g/mol. The summed E-state index contributed by atoms with van der Waals surface area (Å²) >= 11 is 0. The highest BCUT2D eigenvalue weighted by atomic mass is 16.1. The molecule has 0 atom stereocenters. The van der Waals surface area contributed by atoms with Crippen molar-refractivity contribution in [1.29, 1.82) is 0 Å². The van der Waals surface area contributed by atoms with Crippen LogP contribution in [0.15, 0.2) is 46.7 Å². The predicted molar refractivity (Wildman–Crippen MR) is 112 cm³/mol. The number of amides is 1. The van der Waals surface area contributed by atoms with E-state index in [9.17, 15) is 9.59 Å².